The zero-order valence-electron chi connectivity index (χ0n) is 19.5. The lowest BCUT2D eigenvalue weighted by atomic mass is 9.61. The first-order chi connectivity index (χ1) is 18.4. The number of hydrogen-bond acceptors (Lipinski definition) is 4. The molecule has 38 heavy (non-hydrogen) atoms. The molecule has 4 aromatic carbocycles. The lowest BCUT2D eigenvalue weighted by Gasteiger charge is -2.50. The molecule has 0 saturated heterocycles. The second kappa shape index (κ2) is 11.0. The van der Waals surface area contributed by atoms with Gasteiger partial charge in [-0.3, -0.25) is 0 Å². The molecular weight excluding hydrogens is 932 g/mol. The van der Waals surface area contributed by atoms with Gasteiger partial charge in [0.2, 0.25) is 0 Å². The van der Waals surface area contributed by atoms with Crippen LogP contribution in [0.5, 0.6) is 0 Å². The quantitative estimate of drug-likeness (QED) is 0.153. The highest BCUT2D eigenvalue weighted by molar-refractivity contribution is 14.1. The van der Waals surface area contributed by atoms with E-state index in [4.69, 9.17) is 9.47 Å². The largest absolute Gasteiger partial charge is 0.454 e. The van der Waals surface area contributed by atoms with Crippen molar-refractivity contribution in [3.63, 3.8) is 0 Å². The number of rotatable bonds is 4. The van der Waals surface area contributed by atoms with Crippen molar-refractivity contribution in [2.24, 2.45) is 0 Å². The first-order valence-corrected chi connectivity index (χ1v) is 16.2. The van der Waals surface area contributed by atoms with Gasteiger partial charge in [0.1, 0.15) is 0 Å². The van der Waals surface area contributed by atoms with Crippen molar-refractivity contribution in [3.05, 3.63) is 133 Å². The highest BCUT2D eigenvalue weighted by atomic mass is 127. The summed E-state index contributed by atoms with van der Waals surface area (Å²) in [6.45, 7) is 0. The highest BCUT2D eigenvalue weighted by Gasteiger charge is 2.56. The first kappa shape index (κ1) is 26.9. The van der Waals surface area contributed by atoms with Gasteiger partial charge in [-0.15, -0.1) is 0 Å². The summed E-state index contributed by atoms with van der Waals surface area (Å²) in [6.07, 6.45) is -1.36. The molecule has 2 bridgehead atoms. The molecule has 0 aromatic heterocycles. The van der Waals surface area contributed by atoms with Crippen molar-refractivity contribution >= 4 is 102 Å². The number of halogens is 4. The fourth-order valence-corrected chi connectivity index (χ4v) is 8.78. The standard InChI is InChI=1S/C30H18I4O4/c31-17-11-13-19(33)23-21(17)25-22-18(32)12-14-20(34)24(22)26(23)28(38-30(36)16-9-5-2-6-10-16)27(25)37-29(35)15-7-3-1-4-8-15/h1-14,25-28H/t25-,26-,27?,28?. The maximum Gasteiger partial charge on any atom is 0.338 e. The first-order valence-electron chi connectivity index (χ1n) is 11.8. The van der Waals surface area contributed by atoms with E-state index in [1.165, 1.54) is 0 Å². The molecule has 2 atom stereocenters. The Hall–Kier alpha value is -1.26. The Bertz CT molecular complexity index is 1400. The molecule has 2 unspecified atom stereocenters. The third-order valence-corrected chi connectivity index (χ3v) is 10.9. The Balaban J connectivity index is 1.56. The van der Waals surface area contributed by atoms with Crippen LogP contribution in [0.4, 0.5) is 0 Å². The second-order valence-corrected chi connectivity index (χ2v) is 13.8. The van der Waals surface area contributed by atoms with Gasteiger partial charge in [0.15, 0.2) is 12.2 Å². The van der Waals surface area contributed by atoms with Crippen LogP contribution in [0.1, 0.15) is 54.8 Å². The van der Waals surface area contributed by atoms with Crippen LogP contribution >= 0.6 is 90.4 Å². The van der Waals surface area contributed by atoms with Gasteiger partial charge in [-0.2, -0.15) is 0 Å². The number of fused-ring (bicyclic) bond motifs is 1. The SMILES string of the molecule is O=C(OC1C(OC(=O)c2ccccc2)[C@H]2c3c(I)ccc(I)c3[C@H]1c1c(I)ccc(I)c12)c1ccccc1. The number of carbonyl (C=O) groups excluding carboxylic acids is 2. The van der Waals surface area contributed by atoms with Gasteiger partial charge in [-0.05, 0) is 161 Å². The molecule has 3 aliphatic rings. The molecule has 0 aliphatic heterocycles. The van der Waals surface area contributed by atoms with E-state index >= 15 is 0 Å². The normalized spacial score (nSPS) is 20.8. The maximum atomic E-state index is 13.4. The predicted octanol–water partition coefficient (Wildman–Crippen LogP) is 8.15. The molecule has 7 rings (SSSR count). The maximum absolute atomic E-state index is 13.4. The molecule has 0 N–H and O–H groups in total. The van der Waals surface area contributed by atoms with Crippen molar-refractivity contribution in [1.82, 2.24) is 0 Å². The van der Waals surface area contributed by atoms with Crippen molar-refractivity contribution in [2.75, 3.05) is 0 Å². The molecule has 0 fully saturated rings. The van der Waals surface area contributed by atoms with Crippen LogP contribution in [-0.2, 0) is 9.47 Å². The van der Waals surface area contributed by atoms with Crippen LogP contribution in [-0.4, -0.2) is 24.1 Å². The van der Waals surface area contributed by atoms with Gasteiger partial charge in [0.25, 0.3) is 0 Å². The summed E-state index contributed by atoms with van der Waals surface area (Å²) in [4.78, 5) is 26.9. The average Bonchev–Trinajstić information content (AvgIpc) is 2.94. The van der Waals surface area contributed by atoms with Crippen LogP contribution in [0.3, 0.4) is 0 Å². The van der Waals surface area contributed by atoms with E-state index in [1.807, 2.05) is 36.4 Å². The van der Waals surface area contributed by atoms with Crippen LogP contribution in [0.25, 0.3) is 0 Å². The van der Waals surface area contributed by atoms with E-state index in [2.05, 4.69) is 115 Å². The lowest BCUT2D eigenvalue weighted by molar-refractivity contribution is -0.0562. The van der Waals surface area contributed by atoms with E-state index in [0.29, 0.717) is 11.1 Å². The van der Waals surface area contributed by atoms with E-state index in [0.717, 1.165) is 36.5 Å². The summed E-state index contributed by atoms with van der Waals surface area (Å²) < 4.78 is 17.1. The van der Waals surface area contributed by atoms with Crippen LogP contribution < -0.4 is 0 Å². The molecular formula is C30H18I4O4. The van der Waals surface area contributed by atoms with Crippen molar-refractivity contribution in [3.8, 4) is 0 Å². The summed E-state index contributed by atoms with van der Waals surface area (Å²) in [5.74, 6) is -1.38. The van der Waals surface area contributed by atoms with Gasteiger partial charge in [0.05, 0.1) is 23.0 Å². The van der Waals surface area contributed by atoms with Gasteiger partial charge in [0, 0.05) is 14.3 Å². The Kier molecular flexibility index (Phi) is 7.77. The number of ether oxygens (including phenoxy) is 2. The van der Waals surface area contributed by atoms with E-state index in [1.54, 1.807) is 24.3 Å². The number of esters is 2. The van der Waals surface area contributed by atoms with Crippen LogP contribution in [0.15, 0.2) is 84.9 Å². The van der Waals surface area contributed by atoms with Gasteiger partial charge >= 0.3 is 11.9 Å². The molecule has 0 spiro atoms. The molecule has 0 heterocycles. The second-order valence-electron chi connectivity index (χ2n) is 9.14. The minimum atomic E-state index is -0.682. The Labute approximate surface area is 274 Å². The minimum Gasteiger partial charge on any atom is -0.454 e. The van der Waals surface area contributed by atoms with Crippen LogP contribution in [0, 0.1) is 14.3 Å². The molecule has 0 saturated carbocycles. The Morgan fingerprint density at radius 1 is 0.474 bits per heavy atom. The van der Waals surface area contributed by atoms with Crippen molar-refractivity contribution in [1.29, 1.82) is 0 Å². The highest BCUT2D eigenvalue weighted by Crippen LogP contribution is 2.58. The summed E-state index contributed by atoms with van der Waals surface area (Å²) in [5, 5.41) is 0. The number of hydrogen-bond donors (Lipinski definition) is 0. The molecule has 3 aliphatic carbocycles. The van der Waals surface area contributed by atoms with Gasteiger partial charge in [-0.1, -0.05) is 36.4 Å². The number of carbonyl (C=O) groups is 2. The summed E-state index contributed by atoms with van der Waals surface area (Å²) in [7, 11) is 0. The minimum absolute atomic E-state index is 0.269. The van der Waals surface area contributed by atoms with Gasteiger partial charge < -0.3 is 9.47 Å². The van der Waals surface area contributed by atoms with E-state index in [9.17, 15) is 9.59 Å². The summed E-state index contributed by atoms with van der Waals surface area (Å²) in [5.41, 5.74) is 5.58. The van der Waals surface area contributed by atoms with Crippen LogP contribution in [0.2, 0.25) is 0 Å². The third kappa shape index (κ3) is 4.60. The average molecular weight is 950 g/mol. The molecule has 0 amide bonds. The monoisotopic (exact) mass is 950 g/mol. The molecule has 190 valence electrons. The van der Waals surface area contributed by atoms with Crippen molar-refractivity contribution in [2.45, 2.75) is 24.0 Å². The Morgan fingerprint density at radius 2 is 0.763 bits per heavy atom. The van der Waals surface area contributed by atoms with E-state index in [-0.39, 0.29) is 11.8 Å². The fraction of sp³-hybridized carbons (Fsp3) is 0.133. The molecule has 0 radical (unpaired) electrons. The molecule has 4 aromatic rings. The fourth-order valence-electron chi connectivity index (χ4n) is 5.56. The van der Waals surface area contributed by atoms with Crippen molar-refractivity contribution < 1.29 is 19.1 Å². The zero-order valence-corrected chi connectivity index (χ0v) is 28.2. The number of benzene rings is 4. The topological polar surface area (TPSA) is 52.6 Å². The summed E-state index contributed by atoms with van der Waals surface area (Å²) >= 11 is 9.52. The molecule has 4 nitrogen and oxygen atoms in total. The lowest BCUT2D eigenvalue weighted by Crippen LogP contribution is -2.52. The predicted molar refractivity (Wildman–Crippen MR) is 179 cm³/mol. The molecule has 8 heteroatoms. The van der Waals surface area contributed by atoms with Gasteiger partial charge in [-0.25, -0.2) is 9.59 Å². The third-order valence-electron chi connectivity index (χ3n) is 7.09. The Morgan fingerprint density at radius 3 is 1.05 bits per heavy atom. The van der Waals surface area contributed by atoms with E-state index < -0.39 is 24.1 Å². The summed E-state index contributed by atoms with van der Waals surface area (Å²) in [6, 6.07) is 26.4. The smallest absolute Gasteiger partial charge is 0.338 e. The zero-order chi connectivity index (χ0) is 26.6.